The molecule has 6 rings (SSSR count). The van der Waals surface area contributed by atoms with E-state index in [2.05, 4.69) is 5.32 Å². The molecular weight excluding hydrogens is 602 g/mol. The number of carbonyl (C=O) groups is 2. The summed E-state index contributed by atoms with van der Waals surface area (Å²) < 4.78 is 11.8. The van der Waals surface area contributed by atoms with Gasteiger partial charge in [-0.3, -0.25) is 4.79 Å². The number of rotatable bonds is 7. The number of hydrogen-bond donors (Lipinski definition) is 2. The van der Waals surface area contributed by atoms with Crippen molar-refractivity contribution >= 4 is 29.2 Å². The Morgan fingerprint density at radius 3 is 2.41 bits per heavy atom. The summed E-state index contributed by atoms with van der Waals surface area (Å²) in [5, 5.41) is 15.3. The van der Waals surface area contributed by atoms with E-state index in [9.17, 15) is 14.7 Å². The number of piperidine rings is 1. The van der Waals surface area contributed by atoms with Crippen molar-refractivity contribution in [2.45, 2.75) is 89.1 Å². The Labute approximate surface area is 276 Å². The highest BCUT2D eigenvalue weighted by Gasteiger charge is 2.48. The molecule has 1 aliphatic carbocycles. The summed E-state index contributed by atoms with van der Waals surface area (Å²) in [5.41, 5.74) is 3.38. The predicted octanol–water partition coefficient (Wildman–Crippen LogP) is 6.91. The highest BCUT2D eigenvalue weighted by Crippen LogP contribution is 2.48. The zero-order chi connectivity index (χ0) is 32.7. The van der Waals surface area contributed by atoms with Crippen LogP contribution in [0.15, 0.2) is 71.3 Å². The minimum atomic E-state index is -1.08. The second kappa shape index (κ2) is 12.8. The normalized spacial score (nSPS) is 25.3. The van der Waals surface area contributed by atoms with Gasteiger partial charge in [0.1, 0.15) is 0 Å². The Bertz CT molecular complexity index is 1580. The van der Waals surface area contributed by atoms with Crippen molar-refractivity contribution in [3.8, 4) is 11.5 Å². The van der Waals surface area contributed by atoms with Crippen LogP contribution in [0, 0.1) is 5.92 Å². The number of benzene rings is 2. The zero-order valence-corrected chi connectivity index (χ0v) is 28.0. The number of ether oxygens (including phenoxy) is 2. The van der Waals surface area contributed by atoms with Crippen LogP contribution in [0.25, 0.3) is 0 Å². The van der Waals surface area contributed by atoms with Gasteiger partial charge in [-0.25, -0.2) is 4.79 Å². The average Bonchev–Trinajstić information content (AvgIpc) is 3.16. The molecule has 8 nitrogen and oxygen atoms in total. The van der Waals surface area contributed by atoms with E-state index in [1.807, 2.05) is 91.3 Å². The third-order valence-corrected chi connectivity index (χ3v) is 10.3. The van der Waals surface area contributed by atoms with Crippen molar-refractivity contribution in [2.75, 3.05) is 19.1 Å². The number of nitrogens with one attached hydrogen (secondary N) is 1. The van der Waals surface area contributed by atoms with Crippen LogP contribution in [0.1, 0.15) is 75.6 Å². The van der Waals surface area contributed by atoms with Gasteiger partial charge in [0.25, 0.3) is 0 Å². The molecule has 244 valence electrons. The number of aliphatic hydroxyl groups is 1. The van der Waals surface area contributed by atoms with Crippen molar-refractivity contribution in [3.63, 3.8) is 0 Å². The lowest BCUT2D eigenvalue weighted by Crippen LogP contribution is -2.52. The minimum absolute atomic E-state index is 0.0156. The topological polar surface area (TPSA) is 91.3 Å². The van der Waals surface area contributed by atoms with Gasteiger partial charge in [0.2, 0.25) is 5.91 Å². The first kappa shape index (κ1) is 32.2. The van der Waals surface area contributed by atoms with E-state index in [0.29, 0.717) is 23.0 Å². The largest absolute Gasteiger partial charge is 0.493 e. The molecule has 0 radical (unpaired) electrons. The second-order valence-corrected chi connectivity index (χ2v) is 13.8. The van der Waals surface area contributed by atoms with Gasteiger partial charge in [-0.05, 0) is 117 Å². The Balaban J connectivity index is 1.35. The Morgan fingerprint density at radius 2 is 1.78 bits per heavy atom. The lowest BCUT2D eigenvalue weighted by atomic mass is 9.75. The van der Waals surface area contributed by atoms with Gasteiger partial charge in [-0.1, -0.05) is 35.9 Å². The van der Waals surface area contributed by atoms with E-state index >= 15 is 0 Å². The number of urea groups is 1. The summed E-state index contributed by atoms with van der Waals surface area (Å²) in [5.74, 6) is 1.23. The van der Waals surface area contributed by atoms with Crippen molar-refractivity contribution in [1.82, 2.24) is 10.2 Å². The van der Waals surface area contributed by atoms with E-state index in [4.69, 9.17) is 21.1 Å². The van der Waals surface area contributed by atoms with Gasteiger partial charge in [0, 0.05) is 29.9 Å². The van der Waals surface area contributed by atoms with Crippen LogP contribution in [-0.4, -0.2) is 54.3 Å². The Hall–Kier alpha value is -3.75. The lowest BCUT2D eigenvalue weighted by molar-refractivity contribution is -0.118. The first-order chi connectivity index (χ1) is 22.0. The highest BCUT2D eigenvalue weighted by molar-refractivity contribution is 6.31. The zero-order valence-electron chi connectivity index (χ0n) is 27.3. The number of allylic oxidation sites excluding steroid dienone is 5. The van der Waals surface area contributed by atoms with Crippen LogP contribution < -0.4 is 19.7 Å². The van der Waals surface area contributed by atoms with E-state index < -0.39 is 11.6 Å². The van der Waals surface area contributed by atoms with E-state index in [0.717, 1.165) is 53.6 Å². The molecule has 3 amide bonds. The van der Waals surface area contributed by atoms with Crippen molar-refractivity contribution in [3.05, 3.63) is 88.0 Å². The average molecular weight is 646 g/mol. The van der Waals surface area contributed by atoms with Crippen LogP contribution in [-0.2, 0) is 16.8 Å². The number of fused-ring (bicyclic) bond motifs is 3. The number of hydrogen-bond acceptors (Lipinski definition) is 5. The summed E-state index contributed by atoms with van der Waals surface area (Å²) in [6.07, 6.45) is 12.0. The van der Waals surface area contributed by atoms with Crippen molar-refractivity contribution in [1.29, 1.82) is 0 Å². The van der Waals surface area contributed by atoms with Crippen LogP contribution in [0.5, 0.6) is 11.5 Å². The fourth-order valence-corrected chi connectivity index (χ4v) is 7.99. The summed E-state index contributed by atoms with van der Waals surface area (Å²) in [6.45, 7) is 5.84. The van der Waals surface area contributed by atoms with Gasteiger partial charge >= 0.3 is 6.03 Å². The fraction of sp³-hybridized carbons (Fsp3) is 0.459. The number of methoxy groups -OCH3 is 1. The summed E-state index contributed by atoms with van der Waals surface area (Å²) in [7, 11) is 3.28. The van der Waals surface area contributed by atoms with E-state index in [-0.39, 0.29) is 42.5 Å². The molecule has 0 aromatic heterocycles. The molecule has 0 saturated carbocycles. The number of amides is 3. The maximum Gasteiger partial charge on any atom is 0.317 e. The van der Waals surface area contributed by atoms with E-state index in [1.54, 1.807) is 14.2 Å². The molecule has 4 aliphatic rings. The first-order valence-electron chi connectivity index (χ1n) is 16.3. The standard InChI is InChI=1S/C37H44ClN3O5/c1-22(2)46-33-21-31-24(17-32(33)45-5)18-34(42)41(35(31)23-7-6-8-27(38)12-9-23)28-13-10-25(11-14-28)37(3,44)26-19-29-15-16-30(20-26)40(29)36(43)39-4/h6,8-14,17,21-22,26,29-30,35,44H,7,15-16,18-20H2,1-5H3,(H,39,43). The molecule has 3 aliphatic heterocycles. The van der Waals surface area contributed by atoms with Crippen LogP contribution in [0.3, 0.4) is 0 Å². The van der Waals surface area contributed by atoms with Crippen LogP contribution in [0.4, 0.5) is 10.5 Å². The molecule has 2 aromatic rings. The lowest BCUT2D eigenvalue weighted by Gasteiger charge is -2.44. The van der Waals surface area contributed by atoms with Gasteiger partial charge < -0.3 is 29.7 Å². The third-order valence-electron chi connectivity index (χ3n) is 10.1. The van der Waals surface area contributed by atoms with Gasteiger partial charge in [0.05, 0.1) is 31.3 Å². The smallest absolute Gasteiger partial charge is 0.317 e. The SMILES string of the molecule is CNC(=O)N1C2CCC1CC(C(C)(O)c1ccc(N3C(=O)Cc4cc(OC)c(OC(C)C)cc4C3C3=CC=C(Cl)C=CC3)cc1)C2. The van der Waals surface area contributed by atoms with Crippen molar-refractivity contribution < 1.29 is 24.2 Å². The number of carbonyl (C=O) groups excluding carboxylic acids is 2. The quantitative estimate of drug-likeness (QED) is 0.341. The third kappa shape index (κ3) is 5.93. The molecule has 4 unspecified atom stereocenters. The molecule has 4 atom stereocenters. The van der Waals surface area contributed by atoms with Gasteiger partial charge in [-0.2, -0.15) is 0 Å². The van der Waals surface area contributed by atoms with Crippen LogP contribution >= 0.6 is 11.6 Å². The number of nitrogens with zero attached hydrogens (tertiary/aromatic N) is 2. The molecule has 3 heterocycles. The Morgan fingerprint density at radius 1 is 1.09 bits per heavy atom. The first-order valence-corrected chi connectivity index (χ1v) is 16.6. The van der Waals surface area contributed by atoms with Crippen molar-refractivity contribution in [2.24, 2.45) is 5.92 Å². The number of halogens is 1. The molecule has 2 aromatic carbocycles. The second-order valence-electron chi connectivity index (χ2n) is 13.3. The van der Waals surface area contributed by atoms with E-state index in [1.165, 1.54) is 0 Å². The predicted molar refractivity (Wildman–Crippen MR) is 180 cm³/mol. The van der Waals surface area contributed by atoms with Gasteiger partial charge in [-0.15, -0.1) is 0 Å². The fourth-order valence-electron chi connectivity index (χ4n) is 7.83. The molecule has 2 saturated heterocycles. The molecule has 2 bridgehead atoms. The van der Waals surface area contributed by atoms with Gasteiger partial charge in [0.15, 0.2) is 11.5 Å². The maximum absolute atomic E-state index is 14.0. The molecule has 2 fully saturated rings. The summed E-state index contributed by atoms with van der Waals surface area (Å²) >= 11 is 6.37. The monoisotopic (exact) mass is 645 g/mol. The molecule has 0 spiro atoms. The maximum atomic E-state index is 14.0. The Kier molecular flexibility index (Phi) is 8.96. The molecular formula is C37H44ClN3O5. The van der Waals surface area contributed by atoms with Crippen LogP contribution in [0.2, 0.25) is 0 Å². The molecule has 2 N–H and O–H groups in total. The number of anilines is 1. The minimum Gasteiger partial charge on any atom is -0.493 e. The molecule has 9 heteroatoms. The molecule has 46 heavy (non-hydrogen) atoms. The highest BCUT2D eigenvalue weighted by atomic mass is 35.5. The summed E-state index contributed by atoms with van der Waals surface area (Å²) in [6, 6.07) is 11.6. The summed E-state index contributed by atoms with van der Waals surface area (Å²) in [4.78, 5) is 30.4.